The summed E-state index contributed by atoms with van der Waals surface area (Å²) in [5, 5.41) is 5.64. The molecule has 7 heteroatoms. The smallest absolute Gasteiger partial charge is 0.255 e. The van der Waals surface area contributed by atoms with Gasteiger partial charge >= 0.3 is 0 Å². The van der Waals surface area contributed by atoms with E-state index in [1.54, 1.807) is 53.7 Å². The van der Waals surface area contributed by atoms with Gasteiger partial charge in [-0.05, 0) is 42.7 Å². The summed E-state index contributed by atoms with van der Waals surface area (Å²) in [5.74, 6) is -0.520. The lowest BCUT2D eigenvalue weighted by atomic mass is 10.0. The number of likely N-dealkylation sites (tertiary alicyclic amines) is 1. The van der Waals surface area contributed by atoms with Crippen LogP contribution in [0.2, 0.25) is 0 Å². The van der Waals surface area contributed by atoms with Crippen LogP contribution in [0.5, 0.6) is 0 Å². The van der Waals surface area contributed by atoms with Crippen molar-refractivity contribution >= 4 is 29.1 Å². The van der Waals surface area contributed by atoms with Gasteiger partial charge in [0.25, 0.3) is 5.91 Å². The van der Waals surface area contributed by atoms with Gasteiger partial charge in [0.15, 0.2) is 0 Å². The van der Waals surface area contributed by atoms with Crippen LogP contribution in [-0.4, -0.2) is 40.2 Å². The molecule has 146 valence electrons. The highest BCUT2D eigenvalue weighted by molar-refractivity contribution is 6.05. The average molecular weight is 380 g/mol. The third-order valence-corrected chi connectivity index (χ3v) is 4.68. The molecule has 1 saturated heterocycles. The van der Waals surface area contributed by atoms with E-state index in [1.807, 2.05) is 13.8 Å². The molecule has 3 amide bonds. The van der Waals surface area contributed by atoms with Gasteiger partial charge in [-0.25, -0.2) is 0 Å². The van der Waals surface area contributed by atoms with Crippen molar-refractivity contribution in [3.8, 4) is 0 Å². The van der Waals surface area contributed by atoms with Crippen LogP contribution >= 0.6 is 0 Å². The number of nitrogens with zero attached hydrogens (tertiary/aromatic N) is 2. The fourth-order valence-corrected chi connectivity index (χ4v) is 3.36. The average Bonchev–Trinajstić information content (AvgIpc) is 3.08. The molecule has 2 heterocycles. The first kappa shape index (κ1) is 19.5. The lowest BCUT2D eigenvalue weighted by molar-refractivity contribution is -0.136. The Morgan fingerprint density at radius 1 is 1.07 bits per heavy atom. The Kier molecular flexibility index (Phi) is 6.03. The Labute approximate surface area is 164 Å². The first-order chi connectivity index (χ1) is 13.5. The van der Waals surface area contributed by atoms with Gasteiger partial charge in [0.1, 0.15) is 6.04 Å². The number of aromatic nitrogens is 1. The summed E-state index contributed by atoms with van der Waals surface area (Å²) < 4.78 is 0. The van der Waals surface area contributed by atoms with Crippen LogP contribution in [0.25, 0.3) is 0 Å². The molecule has 0 spiro atoms. The fourth-order valence-electron chi connectivity index (χ4n) is 3.36. The molecule has 3 rings (SSSR count). The van der Waals surface area contributed by atoms with E-state index in [4.69, 9.17) is 0 Å². The van der Waals surface area contributed by atoms with Crippen molar-refractivity contribution in [2.75, 3.05) is 17.2 Å². The molecule has 7 nitrogen and oxygen atoms in total. The van der Waals surface area contributed by atoms with Crippen molar-refractivity contribution in [1.29, 1.82) is 0 Å². The monoisotopic (exact) mass is 380 g/mol. The van der Waals surface area contributed by atoms with Gasteiger partial charge in [0.05, 0.1) is 0 Å². The van der Waals surface area contributed by atoms with E-state index in [1.165, 1.54) is 0 Å². The van der Waals surface area contributed by atoms with Crippen molar-refractivity contribution in [3.63, 3.8) is 0 Å². The number of carbonyl (C=O) groups is 3. The molecule has 0 aliphatic carbocycles. The summed E-state index contributed by atoms with van der Waals surface area (Å²) in [6.45, 7) is 4.45. The topological polar surface area (TPSA) is 91.4 Å². The van der Waals surface area contributed by atoms with E-state index < -0.39 is 6.04 Å². The van der Waals surface area contributed by atoms with E-state index >= 15 is 0 Å². The van der Waals surface area contributed by atoms with Gasteiger partial charge in [-0.1, -0.05) is 19.9 Å². The van der Waals surface area contributed by atoms with Gasteiger partial charge in [0, 0.05) is 42.3 Å². The largest absolute Gasteiger partial charge is 0.330 e. The maximum Gasteiger partial charge on any atom is 0.255 e. The highest BCUT2D eigenvalue weighted by atomic mass is 16.2. The van der Waals surface area contributed by atoms with Crippen molar-refractivity contribution in [3.05, 3.63) is 54.4 Å². The first-order valence-electron chi connectivity index (χ1n) is 9.37. The Bertz CT molecular complexity index is 867. The van der Waals surface area contributed by atoms with E-state index in [-0.39, 0.29) is 23.6 Å². The Balaban J connectivity index is 1.71. The summed E-state index contributed by atoms with van der Waals surface area (Å²) in [6.07, 6.45) is 4.46. The number of nitrogens with one attached hydrogen (secondary N) is 2. The van der Waals surface area contributed by atoms with Gasteiger partial charge in [-0.2, -0.15) is 0 Å². The summed E-state index contributed by atoms with van der Waals surface area (Å²) in [5.41, 5.74) is 1.58. The maximum atomic E-state index is 12.8. The number of benzene rings is 1. The Morgan fingerprint density at radius 2 is 1.82 bits per heavy atom. The molecule has 1 unspecified atom stereocenters. The van der Waals surface area contributed by atoms with E-state index in [0.29, 0.717) is 29.9 Å². The molecule has 1 fully saturated rings. The molecule has 0 radical (unpaired) electrons. The number of amides is 3. The molecule has 1 aromatic carbocycles. The van der Waals surface area contributed by atoms with Gasteiger partial charge in [-0.3, -0.25) is 19.4 Å². The molecule has 1 aliphatic heterocycles. The van der Waals surface area contributed by atoms with Crippen molar-refractivity contribution < 1.29 is 14.4 Å². The van der Waals surface area contributed by atoms with E-state index in [0.717, 1.165) is 6.42 Å². The Morgan fingerprint density at radius 3 is 2.46 bits per heavy atom. The van der Waals surface area contributed by atoms with Crippen LogP contribution in [0.1, 0.15) is 37.0 Å². The van der Waals surface area contributed by atoms with Gasteiger partial charge in [-0.15, -0.1) is 0 Å². The maximum absolute atomic E-state index is 12.8. The lowest BCUT2D eigenvalue weighted by Gasteiger charge is -2.29. The standard InChI is InChI=1S/C21H24N4O3/c1-14(2)19(25-12-4-7-18(25)26)21(28)24-17-6-3-5-15(13-17)20(27)23-16-8-10-22-11-9-16/h3,5-6,8-11,13-14,19H,4,7,12H2,1-2H3,(H,24,28)(H,22,23,27). The number of rotatable bonds is 6. The molecule has 2 N–H and O–H groups in total. The number of pyridine rings is 1. The molecular formula is C21H24N4O3. The van der Waals surface area contributed by atoms with Crippen LogP contribution in [0.4, 0.5) is 11.4 Å². The predicted octanol–water partition coefficient (Wildman–Crippen LogP) is 2.92. The first-order valence-corrected chi connectivity index (χ1v) is 9.37. The molecule has 1 aromatic heterocycles. The quantitative estimate of drug-likeness (QED) is 0.806. The summed E-state index contributed by atoms with van der Waals surface area (Å²) in [4.78, 5) is 42.9. The zero-order valence-electron chi connectivity index (χ0n) is 16.0. The number of carbonyl (C=O) groups excluding carboxylic acids is 3. The summed E-state index contributed by atoms with van der Waals surface area (Å²) >= 11 is 0. The van der Waals surface area contributed by atoms with Crippen LogP contribution in [0, 0.1) is 5.92 Å². The van der Waals surface area contributed by atoms with Crippen molar-refractivity contribution in [2.45, 2.75) is 32.7 Å². The van der Waals surface area contributed by atoms with E-state index in [9.17, 15) is 14.4 Å². The zero-order chi connectivity index (χ0) is 20.1. The highest BCUT2D eigenvalue weighted by Gasteiger charge is 2.34. The number of anilines is 2. The zero-order valence-corrected chi connectivity index (χ0v) is 16.0. The third kappa shape index (κ3) is 4.54. The van der Waals surface area contributed by atoms with Crippen LogP contribution < -0.4 is 10.6 Å². The fraction of sp³-hybridized carbons (Fsp3) is 0.333. The minimum atomic E-state index is -0.524. The molecule has 1 aliphatic rings. The van der Waals surface area contributed by atoms with Gasteiger partial charge < -0.3 is 15.5 Å². The number of hydrogen-bond acceptors (Lipinski definition) is 4. The normalized spacial score (nSPS) is 14.8. The molecule has 0 saturated carbocycles. The third-order valence-electron chi connectivity index (χ3n) is 4.68. The Hall–Kier alpha value is -3.22. The molecular weight excluding hydrogens is 356 g/mol. The van der Waals surface area contributed by atoms with E-state index in [2.05, 4.69) is 15.6 Å². The van der Waals surface area contributed by atoms with Crippen molar-refractivity contribution in [1.82, 2.24) is 9.88 Å². The van der Waals surface area contributed by atoms with Gasteiger partial charge in [0.2, 0.25) is 11.8 Å². The molecule has 2 aromatic rings. The summed E-state index contributed by atoms with van der Waals surface area (Å²) in [7, 11) is 0. The summed E-state index contributed by atoms with van der Waals surface area (Å²) in [6, 6.07) is 9.61. The molecule has 1 atom stereocenters. The SMILES string of the molecule is CC(C)C(C(=O)Nc1cccc(C(=O)Nc2ccncc2)c1)N1CCCC1=O. The van der Waals surface area contributed by atoms with Crippen LogP contribution in [-0.2, 0) is 9.59 Å². The molecule has 0 bridgehead atoms. The minimum Gasteiger partial charge on any atom is -0.330 e. The second kappa shape index (κ2) is 8.65. The number of hydrogen-bond donors (Lipinski definition) is 2. The lowest BCUT2D eigenvalue weighted by Crippen LogP contribution is -2.47. The highest BCUT2D eigenvalue weighted by Crippen LogP contribution is 2.21. The second-order valence-corrected chi connectivity index (χ2v) is 7.14. The predicted molar refractivity (Wildman–Crippen MR) is 107 cm³/mol. The van der Waals surface area contributed by atoms with Crippen LogP contribution in [0.15, 0.2) is 48.8 Å². The second-order valence-electron chi connectivity index (χ2n) is 7.14. The van der Waals surface area contributed by atoms with Crippen molar-refractivity contribution in [2.24, 2.45) is 5.92 Å². The minimum absolute atomic E-state index is 0.0133. The molecule has 28 heavy (non-hydrogen) atoms. The van der Waals surface area contributed by atoms with Crippen LogP contribution in [0.3, 0.4) is 0 Å².